The van der Waals surface area contributed by atoms with E-state index in [1.165, 1.54) is 19.3 Å². The first kappa shape index (κ1) is 14.0. The zero-order valence-corrected chi connectivity index (χ0v) is 13.1. The van der Waals surface area contributed by atoms with Crippen LogP contribution in [0.1, 0.15) is 19.3 Å². The molecule has 0 radical (unpaired) electrons. The molecule has 1 aliphatic heterocycles. The SMILES string of the molecule is CNc1ncc2c(n1)[nH]c(=O)c1cc(N3CCCCC3)ccc12. The quantitative estimate of drug-likeness (QED) is 0.712. The summed E-state index contributed by atoms with van der Waals surface area (Å²) in [4.78, 5) is 26.3. The number of nitrogens with zero attached hydrogens (tertiary/aromatic N) is 3. The summed E-state index contributed by atoms with van der Waals surface area (Å²) in [6, 6.07) is 6.10. The van der Waals surface area contributed by atoms with Gasteiger partial charge in [0, 0.05) is 42.8 Å². The van der Waals surface area contributed by atoms with Gasteiger partial charge < -0.3 is 15.2 Å². The van der Waals surface area contributed by atoms with Crippen LogP contribution < -0.4 is 15.8 Å². The molecule has 1 aliphatic rings. The van der Waals surface area contributed by atoms with Gasteiger partial charge in [-0.3, -0.25) is 4.79 Å². The summed E-state index contributed by atoms with van der Waals surface area (Å²) in [5.41, 5.74) is 1.58. The molecule has 1 saturated heterocycles. The molecule has 6 nitrogen and oxygen atoms in total. The fraction of sp³-hybridized carbons (Fsp3) is 0.353. The van der Waals surface area contributed by atoms with Gasteiger partial charge in [-0.15, -0.1) is 0 Å². The van der Waals surface area contributed by atoms with Crippen LogP contribution in [0, 0.1) is 0 Å². The van der Waals surface area contributed by atoms with Crippen molar-refractivity contribution in [1.29, 1.82) is 0 Å². The minimum Gasteiger partial charge on any atom is -0.372 e. The highest BCUT2D eigenvalue weighted by atomic mass is 16.1. The zero-order valence-electron chi connectivity index (χ0n) is 13.1. The number of aromatic nitrogens is 3. The lowest BCUT2D eigenvalue weighted by molar-refractivity contribution is 0.578. The standard InChI is InChI=1S/C17H19N5O/c1-18-17-19-10-14-12-6-5-11(22-7-3-2-4-8-22)9-13(12)16(23)20-15(14)21-17/h5-6,9-10H,2-4,7-8H2,1H3,(H2,18,19,20,21,23). The van der Waals surface area contributed by atoms with E-state index in [0.29, 0.717) is 17.0 Å². The highest BCUT2D eigenvalue weighted by molar-refractivity contribution is 6.04. The second kappa shape index (κ2) is 5.53. The first-order valence-electron chi connectivity index (χ1n) is 8.02. The van der Waals surface area contributed by atoms with Crippen LogP contribution in [0.4, 0.5) is 11.6 Å². The molecule has 0 unspecified atom stereocenters. The first-order valence-corrected chi connectivity index (χ1v) is 8.02. The number of nitrogens with one attached hydrogen (secondary N) is 2. The van der Waals surface area contributed by atoms with E-state index >= 15 is 0 Å². The molecule has 1 aromatic carbocycles. The van der Waals surface area contributed by atoms with Gasteiger partial charge in [-0.1, -0.05) is 6.07 Å². The van der Waals surface area contributed by atoms with Crippen LogP contribution in [0.25, 0.3) is 21.8 Å². The smallest absolute Gasteiger partial charge is 0.257 e. The molecule has 0 atom stereocenters. The molecule has 3 heterocycles. The van der Waals surface area contributed by atoms with Gasteiger partial charge in [-0.25, -0.2) is 4.98 Å². The van der Waals surface area contributed by atoms with Crippen LogP contribution in [0.2, 0.25) is 0 Å². The van der Waals surface area contributed by atoms with Gasteiger partial charge in [0.05, 0.1) is 0 Å². The summed E-state index contributed by atoms with van der Waals surface area (Å²) in [6.45, 7) is 2.12. The maximum absolute atomic E-state index is 12.5. The van der Waals surface area contributed by atoms with Gasteiger partial charge in [-0.2, -0.15) is 4.98 Å². The van der Waals surface area contributed by atoms with Crippen molar-refractivity contribution >= 4 is 33.4 Å². The Bertz CT molecular complexity index is 927. The molecular formula is C17H19N5O. The highest BCUT2D eigenvalue weighted by Gasteiger charge is 2.13. The molecule has 23 heavy (non-hydrogen) atoms. The highest BCUT2D eigenvalue weighted by Crippen LogP contribution is 2.26. The Morgan fingerprint density at radius 2 is 1.96 bits per heavy atom. The molecule has 0 bridgehead atoms. The summed E-state index contributed by atoms with van der Waals surface area (Å²) < 4.78 is 0. The number of hydrogen-bond donors (Lipinski definition) is 2. The summed E-state index contributed by atoms with van der Waals surface area (Å²) >= 11 is 0. The normalized spacial score (nSPS) is 15.3. The number of fused-ring (bicyclic) bond motifs is 3. The lowest BCUT2D eigenvalue weighted by Gasteiger charge is -2.29. The topological polar surface area (TPSA) is 73.9 Å². The van der Waals surface area contributed by atoms with Crippen molar-refractivity contribution in [2.45, 2.75) is 19.3 Å². The van der Waals surface area contributed by atoms with Crippen LogP contribution in [-0.4, -0.2) is 35.1 Å². The molecule has 2 aromatic heterocycles. The Kier molecular flexibility index (Phi) is 3.37. The third-order valence-corrected chi connectivity index (χ3v) is 4.50. The predicted molar refractivity (Wildman–Crippen MR) is 93.3 cm³/mol. The molecule has 1 fully saturated rings. The third-order valence-electron chi connectivity index (χ3n) is 4.50. The Labute approximate surface area is 133 Å². The van der Waals surface area contributed by atoms with Crippen LogP contribution in [0.5, 0.6) is 0 Å². The van der Waals surface area contributed by atoms with Crippen molar-refractivity contribution in [3.8, 4) is 0 Å². The Morgan fingerprint density at radius 1 is 1.13 bits per heavy atom. The van der Waals surface area contributed by atoms with E-state index in [1.54, 1.807) is 13.2 Å². The maximum atomic E-state index is 12.5. The summed E-state index contributed by atoms with van der Waals surface area (Å²) in [5.74, 6) is 0.498. The van der Waals surface area contributed by atoms with Crippen LogP contribution in [0.3, 0.4) is 0 Å². The third kappa shape index (κ3) is 2.40. The van der Waals surface area contributed by atoms with E-state index in [4.69, 9.17) is 0 Å². The number of H-pyrrole nitrogens is 1. The number of aromatic amines is 1. The van der Waals surface area contributed by atoms with E-state index < -0.39 is 0 Å². The number of rotatable bonds is 2. The van der Waals surface area contributed by atoms with Crippen molar-refractivity contribution in [3.05, 3.63) is 34.7 Å². The molecule has 3 aromatic rings. The average molecular weight is 309 g/mol. The van der Waals surface area contributed by atoms with E-state index in [9.17, 15) is 4.79 Å². The minimum absolute atomic E-state index is 0.105. The molecule has 0 aliphatic carbocycles. The molecule has 2 N–H and O–H groups in total. The Hall–Kier alpha value is -2.63. The summed E-state index contributed by atoms with van der Waals surface area (Å²) in [7, 11) is 1.76. The number of piperidine rings is 1. The predicted octanol–water partition coefficient (Wildman–Crippen LogP) is 2.50. The monoisotopic (exact) mass is 309 g/mol. The lowest BCUT2D eigenvalue weighted by atomic mass is 10.1. The largest absolute Gasteiger partial charge is 0.372 e. The minimum atomic E-state index is -0.105. The van der Waals surface area contributed by atoms with Gasteiger partial charge >= 0.3 is 0 Å². The lowest BCUT2D eigenvalue weighted by Crippen LogP contribution is -2.29. The molecular weight excluding hydrogens is 290 g/mol. The molecule has 0 amide bonds. The van der Waals surface area contributed by atoms with Crippen molar-refractivity contribution in [2.75, 3.05) is 30.4 Å². The van der Waals surface area contributed by atoms with Crippen LogP contribution in [0.15, 0.2) is 29.2 Å². The fourth-order valence-electron chi connectivity index (χ4n) is 3.27. The second-order valence-corrected chi connectivity index (χ2v) is 5.94. The molecule has 0 spiro atoms. The summed E-state index contributed by atoms with van der Waals surface area (Å²) in [5, 5.41) is 5.34. The number of hydrogen-bond acceptors (Lipinski definition) is 5. The second-order valence-electron chi connectivity index (χ2n) is 5.94. The zero-order chi connectivity index (χ0) is 15.8. The van der Waals surface area contributed by atoms with Gasteiger partial charge in [-0.05, 0) is 36.8 Å². The van der Waals surface area contributed by atoms with Gasteiger partial charge in [0.25, 0.3) is 5.56 Å². The molecule has 118 valence electrons. The Morgan fingerprint density at radius 3 is 2.74 bits per heavy atom. The molecule has 0 saturated carbocycles. The van der Waals surface area contributed by atoms with Crippen LogP contribution >= 0.6 is 0 Å². The van der Waals surface area contributed by atoms with E-state index in [1.807, 2.05) is 12.1 Å². The average Bonchev–Trinajstić information content (AvgIpc) is 2.62. The number of benzene rings is 1. The number of anilines is 2. The fourth-order valence-corrected chi connectivity index (χ4v) is 3.27. The van der Waals surface area contributed by atoms with E-state index in [0.717, 1.165) is 29.5 Å². The molecule has 6 heteroatoms. The first-order chi connectivity index (χ1) is 11.3. The number of pyridine rings is 1. The van der Waals surface area contributed by atoms with Crippen molar-refractivity contribution < 1.29 is 0 Å². The summed E-state index contributed by atoms with van der Waals surface area (Å²) in [6.07, 6.45) is 5.48. The van der Waals surface area contributed by atoms with E-state index in [-0.39, 0.29) is 5.56 Å². The van der Waals surface area contributed by atoms with Gasteiger partial charge in [0.15, 0.2) is 0 Å². The molecule has 4 rings (SSSR count). The van der Waals surface area contributed by atoms with E-state index in [2.05, 4.69) is 31.2 Å². The van der Waals surface area contributed by atoms with Gasteiger partial charge in [0.2, 0.25) is 5.95 Å². The van der Waals surface area contributed by atoms with Gasteiger partial charge in [0.1, 0.15) is 5.65 Å². The van der Waals surface area contributed by atoms with Crippen molar-refractivity contribution in [2.24, 2.45) is 0 Å². The van der Waals surface area contributed by atoms with Crippen molar-refractivity contribution in [1.82, 2.24) is 15.0 Å². The van der Waals surface area contributed by atoms with Crippen molar-refractivity contribution in [3.63, 3.8) is 0 Å². The maximum Gasteiger partial charge on any atom is 0.257 e. The Balaban J connectivity index is 1.90. The van der Waals surface area contributed by atoms with Crippen LogP contribution in [-0.2, 0) is 0 Å².